The van der Waals surface area contributed by atoms with Crippen LogP contribution < -0.4 is 5.73 Å². The third-order valence-corrected chi connectivity index (χ3v) is 3.10. The molecule has 1 aliphatic rings. The molecule has 0 saturated heterocycles. The molecule has 1 aromatic rings. The number of aromatic carboxylic acids is 1. The van der Waals surface area contributed by atoms with Crippen LogP contribution in [0.25, 0.3) is 0 Å². The molecule has 1 unspecified atom stereocenters. The molecule has 0 aromatic heterocycles. The van der Waals surface area contributed by atoms with Gasteiger partial charge in [0.25, 0.3) is 11.8 Å². The highest BCUT2D eigenvalue weighted by Gasteiger charge is 2.39. The third kappa shape index (κ3) is 2.13. The highest BCUT2D eigenvalue weighted by Crippen LogP contribution is 2.26. The average molecular weight is 276 g/mol. The number of hydrogen-bond donors (Lipinski definition) is 2. The first-order chi connectivity index (χ1) is 9.32. The first kappa shape index (κ1) is 13.7. The van der Waals surface area contributed by atoms with Crippen LogP contribution in [0.3, 0.4) is 0 Å². The van der Waals surface area contributed by atoms with Gasteiger partial charge in [-0.3, -0.25) is 19.3 Å². The molecule has 0 radical (unpaired) electrons. The summed E-state index contributed by atoms with van der Waals surface area (Å²) in [7, 11) is 0. The monoisotopic (exact) mass is 276 g/mol. The van der Waals surface area contributed by atoms with Gasteiger partial charge in [-0.15, -0.1) is 0 Å². The standard InChI is InChI=1S/C13H12N2O5/c1-6(4-10(14)16)15-11(17)8-3-2-7(13(19)20)5-9(8)12(15)18/h2-3,5-6H,4H2,1H3,(H2,14,16)(H,19,20). The van der Waals surface area contributed by atoms with Gasteiger partial charge < -0.3 is 10.8 Å². The Bertz CT molecular complexity index is 638. The maximum atomic E-state index is 12.2. The normalized spacial score (nSPS) is 15.2. The van der Waals surface area contributed by atoms with Gasteiger partial charge in [0, 0.05) is 12.5 Å². The van der Waals surface area contributed by atoms with Crippen LogP contribution in [0, 0.1) is 0 Å². The van der Waals surface area contributed by atoms with Crippen molar-refractivity contribution in [3.8, 4) is 0 Å². The summed E-state index contributed by atoms with van der Waals surface area (Å²) in [5.74, 6) is -2.96. The number of nitrogens with two attached hydrogens (primary N) is 1. The van der Waals surface area contributed by atoms with Crippen LogP contribution >= 0.6 is 0 Å². The summed E-state index contributed by atoms with van der Waals surface area (Å²) in [5.41, 5.74) is 5.15. The van der Waals surface area contributed by atoms with Crippen LogP contribution in [0.15, 0.2) is 18.2 Å². The molecule has 0 aliphatic carbocycles. The third-order valence-electron chi connectivity index (χ3n) is 3.10. The number of benzene rings is 1. The van der Waals surface area contributed by atoms with E-state index in [0.29, 0.717) is 0 Å². The van der Waals surface area contributed by atoms with Crippen LogP contribution in [-0.4, -0.2) is 39.7 Å². The van der Waals surface area contributed by atoms with Crippen LogP contribution in [0.1, 0.15) is 44.4 Å². The number of carbonyl (C=O) groups is 4. The largest absolute Gasteiger partial charge is 0.478 e. The van der Waals surface area contributed by atoms with Crippen LogP contribution in [0.5, 0.6) is 0 Å². The molecular formula is C13H12N2O5. The Hall–Kier alpha value is -2.70. The van der Waals surface area contributed by atoms with E-state index in [9.17, 15) is 19.2 Å². The van der Waals surface area contributed by atoms with E-state index in [2.05, 4.69) is 0 Å². The van der Waals surface area contributed by atoms with Gasteiger partial charge in [-0.05, 0) is 25.1 Å². The van der Waals surface area contributed by atoms with Gasteiger partial charge in [0.15, 0.2) is 0 Å². The summed E-state index contributed by atoms with van der Waals surface area (Å²) >= 11 is 0. The minimum absolute atomic E-state index is 0.0335. The number of carboxylic acid groups (broad SMARTS) is 1. The van der Waals surface area contributed by atoms with Crippen LogP contribution in [0.2, 0.25) is 0 Å². The molecule has 7 nitrogen and oxygen atoms in total. The molecule has 104 valence electrons. The van der Waals surface area contributed by atoms with E-state index in [1.165, 1.54) is 19.1 Å². The van der Waals surface area contributed by atoms with Crippen LogP contribution in [0.4, 0.5) is 0 Å². The molecule has 1 aromatic carbocycles. The van der Waals surface area contributed by atoms with Crippen molar-refractivity contribution >= 4 is 23.7 Å². The second-order valence-corrected chi connectivity index (χ2v) is 4.57. The van der Waals surface area contributed by atoms with Gasteiger partial charge in [-0.25, -0.2) is 4.79 Å². The van der Waals surface area contributed by atoms with Crippen molar-refractivity contribution in [1.29, 1.82) is 0 Å². The quantitative estimate of drug-likeness (QED) is 0.764. The van der Waals surface area contributed by atoms with Gasteiger partial charge in [0.1, 0.15) is 0 Å². The Labute approximate surface area is 114 Å². The molecule has 3 amide bonds. The van der Waals surface area contributed by atoms with E-state index >= 15 is 0 Å². The summed E-state index contributed by atoms with van der Waals surface area (Å²) in [6.45, 7) is 1.53. The Morgan fingerprint density at radius 3 is 2.40 bits per heavy atom. The smallest absolute Gasteiger partial charge is 0.335 e. The lowest BCUT2D eigenvalue weighted by Gasteiger charge is -2.20. The molecule has 2 rings (SSSR count). The van der Waals surface area contributed by atoms with Crippen molar-refractivity contribution in [3.63, 3.8) is 0 Å². The number of carbonyl (C=O) groups excluding carboxylic acids is 3. The number of fused-ring (bicyclic) bond motifs is 1. The van der Waals surface area contributed by atoms with Gasteiger partial charge >= 0.3 is 5.97 Å². The van der Waals surface area contributed by atoms with Gasteiger partial charge in [-0.2, -0.15) is 0 Å². The fourth-order valence-corrected chi connectivity index (χ4v) is 2.18. The Morgan fingerprint density at radius 2 is 1.85 bits per heavy atom. The van der Waals surface area contributed by atoms with E-state index < -0.39 is 29.7 Å². The molecule has 1 aliphatic heterocycles. The molecule has 0 fully saturated rings. The molecule has 3 N–H and O–H groups in total. The molecule has 1 heterocycles. The molecule has 7 heteroatoms. The topological polar surface area (TPSA) is 118 Å². The highest BCUT2D eigenvalue weighted by molar-refractivity contribution is 6.22. The van der Waals surface area contributed by atoms with Crippen molar-refractivity contribution < 1.29 is 24.3 Å². The summed E-state index contributed by atoms with van der Waals surface area (Å²) in [6.07, 6.45) is -0.142. The number of hydrogen-bond acceptors (Lipinski definition) is 4. The van der Waals surface area contributed by atoms with E-state index in [-0.39, 0.29) is 23.1 Å². The Balaban J connectivity index is 2.40. The number of nitrogens with zero attached hydrogens (tertiary/aromatic N) is 1. The predicted molar refractivity (Wildman–Crippen MR) is 67.2 cm³/mol. The lowest BCUT2D eigenvalue weighted by molar-refractivity contribution is -0.118. The summed E-state index contributed by atoms with van der Waals surface area (Å²) < 4.78 is 0. The maximum absolute atomic E-state index is 12.2. The number of imide groups is 1. The van der Waals surface area contributed by atoms with E-state index in [1.807, 2.05) is 0 Å². The number of rotatable bonds is 4. The first-order valence-electron chi connectivity index (χ1n) is 5.86. The number of carboxylic acids is 1. The van der Waals surface area contributed by atoms with Gasteiger partial charge in [0.2, 0.25) is 5.91 Å². The predicted octanol–water partition coefficient (Wildman–Crippen LogP) is 0.245. The van der Waals surface area contributed by atoms with Crippen molar-refractivity contribution in [3.05, 3.63) is 34.9 Å². The zero-order chi connectivity index (χ0) is 15.0. The van der Waals surface area contributed by atoms with Crippen molar-refractivity contribution in [2.24, 2.45) is 5.73 Å². The van der Waals surface area contributed by atoms with Crippen molar-refractivity contribution in [2.75, 3.05) is 0 Å². The number of amides is 3. The maximum Gasteiger partial charge on any atom is 0.335 e. The van der Waals surface area contributed by atoms with E-state index in [0.717, 1.165) is 11.0 Å². The Kier molecular flexibility index (Phi) is 3.27. The fraction of sp³-hybridized carbons (Fsp3) is 0.231. The van der Waals surface area contributed by atoms with E-state index in [4.69, 9.17) is 10.8 Å². The second kappa shape index (κ2) is 4.76. The van der Waals surface area contributed by atoms with Gasteiger partial charge in [-0.1, -0.05) is 0 Å². The molecular weight excluding hydrogens is 264 g/mol. The highest BCUT2D eigenvalue weighted by atomic mass is 16.4. The molecule has 0 saturated carbocycles. The summed E-state index contributed by atoms with van der Waals surface area (Å²) in [5, 5.41) is 8.89. The molecule has 20 heavy (non-hydrogen) atoms. The minimum atomic E-state index is -1.18. The van der Waals surface area contributed by atoms with Crippen molar-refractivity contribution in [1.82, 2.24) is 4.90 Å². The summed E-state index contributed by atoms with van der Waals surface area (Å²) in [6, 6.07) is 3.05. The Morgan fingerprint density at radius 1 is 1.25 bits per heavy atom. The second-order valence-electron chi connectivity index (χ2n) is 4.57. The molecule has 0 spiro atoms. The van der Waals surface area contributed by atoms with Crippen LogP contribution in [-0.2, 0) is 4.79 Å². The zero-order valence-electron chi connectivity index (χ0n) is 10.6. The van der Waals surface area contributed by atoms with Crippen molar-refractivity contribution in [2.45, 2.75) is 19.4 Å². The first-order valence-corrected chi connectivity index (χ1v) is 5.86. The molecule has 1 atom stereocenters. The molecule has 0 bridgehead atoms. The summed E-state index contributed by atoms with van der Waals surface area (Å²) in [4.78, 5) is 47.0. The lowest BCUT2D eigenvalue weighted by Crippen LogP contribution is -2.40. The fourth-order valence-electron chi connectivity index (χ4n) is 2.18. The zero-order valence-corrected chi connectivity index (χ0v) is 10.6. The van der Waals surface area contributed by atoms with Gasteiger partial charge in [0.05, 0.1) is 16.7 Å². The number of primary amides is 1. The lowest BCUT2D eigenvalue weighted by atomic mass is 10.1. The average Bonchev–Trinajstić information content (AvgIpc) is 2.60. The van der Waals surface area contributed by atoms with E-state index in [1.54, 1.807) is 0 Å². The SMILES string of the molecule is CC(CC(N)=O)N1C(=O)c2ccc(C(=O)O)cc2C1=O. The minimum Gasteiger partial charge on any atom is -0.478 e.